The average Bonchev–Trinajstić information content (AvgIpc) is 3.33. The maximum absolute atomic E-state index is 6.58. The van der Waals surface area contributed by atoms with E-state index in [1.54, 1.807) is 30.6 Å². The summed E-state index contributed by atoms with van der Waals surface area (Å²) in [5.74, 6) is 2.22. The van der Waals surface area contributed by atoms with Crippen LogP contribution in [0.1, 0.15) is 36.4 Å². The second-order valence-electron chi connectivity index (χ2n) is 7.66. The third-order valence-electron chi connectivity index (χ3n) is 5.53. The number of halogens is 2. The lowest BCUT2D eigenvalue weighted by Crippen LogP contribution is -2.30. The van der Waals surface area contributed by atoms with Crippen LogP contribution in [0.5, 0.6) is 5.75 Å². The number of methoxy groups -OCH3 is 1. The van der Waals surface area contributed by atoms with Crippen LogP contribution in [0.25, 0.3) is 21.3 Å². The highest BCUT2D eigenvalue weighted by atomic mass is 35.5. The van der Waals surface area contributed by atoms with Crippen LogP contribution in [-0.2, 0) is 0 Å². The Bertz CT molecular complexity index is 1040. The second kappa shape index (κ2) is 9.27. The summed E-state index contributed by atoms with van der Waals surface area (Å²) in [6.07, 6.45) is 5.24. The molecule has 0 amide bonds. The van der Waals surface area contributed by atoms with Crippen LogP contribution in [0.15, 0.2) is 12.1 Å². The number of aromatic nitrogens is 2. The zero-order valence-corrected chi connectivity index (χ0v) is 19.8. The summed E-state index contributed by atoms with van der Waals surface area (Å²) in [6.45, 7) is 5.73. The molecule has 3 aromatic rings. The number of ether oxygens (including phenoxy) is 1. The van der Waals surface area contributed by atoms with Crippen LogP contribution in [0.3, 0.4) is 0 Å². The number of hydrogen-bond acceptors (Lipinski definition) is 6. The van der Waals surface area contributed by atoms with Crippen molar-refractivity contribution in [1.82, 2.24) is 15.3 Å². The Morgan fingerprint density at radius 1 is 1.10 bits per heavy atom. The summed E-state index contributed by atoms with van der Waals surface area (Å²) in [7, 11) is 1.60. The fourth-order valence-corrected chi connectivity index (χ4v) is 6.03. The third kappa shape index (κ3) is 4.37. The third-order valence-corrected chi connectivity index (χ3v) is 7.24. The quantitative estimate of drug-likeness (QED) is 0.405. The van der Waals surface area contributed by atoms with Crippen molar-refractivity contribution >= 4 is 51.3 Å². The Kier molecular flexibility index (Phi) is 6.68. The van der Waals surface area contributed by atoms with Gasteiger partial charge in [-0.25, -0.2) is 9.97 Å². The first-order valence-corrected chi connectivity index (χ1v) is 11.8. The maximum Gasteiger partial charge on any atom is 0.138 e. The van der Waals surface area contributed by atoms with E-state index >= 15 is 0 Å². The SMILES string of the molecule is COc1cc(Cl)c(-c2sc(C)c3c(NCCNC4CCCC4)nc(C)nc23)c(Cl)c1. The number of thiophene rings is 1. The molecule has 160 valence electrons. The molecule has 1 saturated carbocycles. The average molecular weight is 465 g/mol. The molecule has 0 unspecified atom stereocenters. The van der Waals surface area contributed by atoms with Gasteiger partial charge in [0.1, 0.15) is 17.4 Å². The fraction of sp³-hybridized carbons (Fsp3) is 0.455. The number of fused-ring (bicyclic) bond motifs is 1. The van der Waals surface area contributed by atoms with Crippen molar-refractivity contribution in [1.29, 1.82) is 0 Å². The minimum absolute atomic E-state index is 0.550. The van der Waals surface area contributed by atoms with Gasteiger partial charge >= 0.3 is 0 Å². The van der Waals surface area contributed by atoms with Gasteiger partial charge in [-0.2, -0.15) is 0 Å². The summed E-state index contributed by atoms with van der Waals surface area (Å²) in [4.78, 5) is 11.5. The van der Waals surface area contributed by atoms with E-state index in [1.165, 1.54) is 25.7 Å². The molecule has 1 aliphatic carbocycles. The number of benzene rings is 1. The van der Waals surface area contributed by atoms with Gasteiger partial charge in [-0.15, -0.1) is 11.3 Å². The van der Waals surface area contributed by atoms with Crippen LogP contribution >= 0.6 is 34.5 Å². The first-order chi connectivity index (χ1) is 14.5. The van der Waals surface area contributed by atoms with Crippen LogP contribution < -0.4 is 15.4 Å². The molecule has 0 spiro atoms. The van der Waals surface area contributed by atoms with Crippen molar-refractivity contribution < 1.29 is 4.74 Å². The van der Waals surface area contributed by atoms with E-state index in [9.17, 15) is 0 Å². The van der Waals surface area contributed by atoms with Crippen molar-refractivity contribution in [3.05, 3.63) is 32.9 Å². The number of rotatable bonds is 7. The summed E-state index contributed by atoms with van der Waals surface area (Å²) < 4.78 is 5.28. The molecular formula is C22H26Cl2N4OS. The highest BCUT2D eigenvalue weighted by Gasteiger charge is 2.21. The van der Waals surface area contributed by atoms with Gasteiger partial charge in [0.15, 0.2) is 0 Å². The molecule has 2 aromatic heterocycles. The molecule has 0 saturated heterocycles. The number of anilines is 1. The van der Waals surface area contributed by atoms with Crippen LogP contribution in [-0.4, -0.2) is 36.2 Å². The Labute approximate surface area is 191 Å². The maximum atomic E-state index is 6.58. The molecular weight excluding hydrogens is 439 g/mol. The molecule has 2 heterocycles. The molecule has 4 rings (SSSR count). The fourth-order valence-electron chi connectivity index (χ4n) is 4.09. The number of aryl methyl sites for hydroxylation is 2. The first-order valence-electron chi connectivity index (χ1n) is 10.3. The van der Waals surface area contributed by atoms with Gasteiger partial charge in [0.25, 0.3) is 0 Å². The predicted molar refractivity (Wildman–Crippen MR) is 128 cm³/mol. The smallest absolute Gasteiger partial charge is 0.138 e. The van der Waals surface area contributed by atoms with Gasteiger partial charge in [0.05, 0.1) is 32.9 Å². The molecule has 5 nitrogen and oxygen atoms in total. The molecule has 1 aromatic carbocycles. The van der Waals surface area contributed by atoms with Gasteiger partial charge < -0.3 is 15.4 Å². The standard InChI is InChI=1S/C22H26Cl2N4OS/c1-12-18-20(21(30-12)19-16(23)10-15(29-3)11-17(19)24)27-13(2)28-22(18)26-9-8-25-14-6-4-5-7-14/h10-11,14,25H,4-9H2,1-3H3,(H,26,27,28). The van der Waals surface area contributed by atoms with Gasteiger partial charge in [0, 0.05) is 29.6 Å². The van der Waals surface area contributed by atoms with E-state index < -0.39 is 0 Å². The van der Waals surface area contributed by atoms with Crippen molar-refractivity contribution in [2.45, 2.75) is 45.6 Å². The predicted octanol–water partition coefficient (Wildman–Crippen LogP) is 6.23. The lowest BCUT2D eigenvalue weighted by molar-refractivity contribution is 0.415. The molecule has 2 N–H and O–H groups in total. The molecule has 1 aliphatic rings. The lowest BCUT2D eigenvalue weighted by Gasteiger charge is -2.13. The minimum Gasteiger partial charge on any atom is -0.497 e. The number of hydrogen-bond donors (Lipinski definition) is 2. The normalized spacial score (nSPS) is 14.6. The largest absolute Gasteiger partial charge is 0.497 e. The zero-order chi connectivity index (χ0) is 21.3. The summed E-state index contributed by atoms with van der Waals surface area (Å²) in [6, 6.07) is 4.23. The van der Waals surface area contributed by atoms with E-state index in [1.807, 2.05) is 6.92 Å². The number of nitrogens with one attached hydrogen (secondary N) is 2. The van der Waals surface area contributed by atoms with Crippen LogP contribution in [0.4, 0.5) is 5.82 Å². The summed E-state index contributed by atoms with van der Waals surface area (Å²) in [5.41, 5.74) is 1.67. The molecule has 1 fully saturated rings. The van der Waals surface area contributed by atoms with Crippen molar-refractivity contribution in [2.24, 2.45) is 0 Å². The summed E-state index contributed by atoms with van der Waals surface area (Å²) in [5, 5.41) is 9.28. The highest BCUT2D eigenvalue weighted by Crippen LogP contribution is 2.46. The second-order valence-corrected chi connectivity index (χ2v) is 9.70. The Morgan fingerprint density at radius 2 is 1.80 bits per heavy atom. The Morgan fingerprint density at radius 3 is 2.47 bits per heavy atom. The zero-order valence-electron chi connectivity index (χ0n) is 17.4. The van der Waals surface area contributed by atoms with Gasteiger partial charge in [-0.3, -0.25) is 0 Å². The van der Waals surface area contributed by atoms with Gasteiger partial charge in [0.2, 0.25) is 0 Å². The first kappa shape index (κ1) is 21.6. The molecule has 8 heteroatoms. The van der Waals surface area contributed by atoms with E-state index in [4.69, 9.17) is 32.9 Å². The van der Waals surface area contributed by atoms with E-state index in [-0.39, 0.29) is 0 Å². The molecule has 0 aliphatic heterocycles. The monoisotopic (exact) mass is 464 g/mol. The van der Waals surface area contributed by atoms with E-state index in [2.05, 4.69) is 22.5 Å². The van der Waals surface area contributed by atoms with Crippen molar-refractivity contribution in [3.63, 3.8) is 0 Å². The Balaban J connectivity index is 1.65. The van der Waals surface area contributed by atoms with Crippen molar-refractivity contribution in [3.8, 4) is 16.2 Å². The van der Waals surface area contributed by atoms with Crippen LogP contribution in [0.2, 0.25) is 10.0 Å². The topological polar surface area (TPSA) is 59.1 Å². The molecule has 30 heavy (non-hydrogen) atoms. The van der Waals surface area contributed by atoms with Gasteiger partial charge in [-0.1, -0.05) is 36.0 Å². The van der Waals surface area contributed by atoms with Gasteiger partial charge in [-0.05, 0) is 38.8 Å². The minimum atomic E-state index is 0.550. The van der Waals surface area contributed by atoms with E-state index in [0.29, 0.717) is 27.7 Å². The number of nitrogens with zero attached hydrogens (tertiary/aromatic N) is 2. The van der Waals surface area contributed by atoms with Crippen LogP contribution in [0, 0.1) is 13.8 Å². The molecule has 0 bridgehead atoms. The highest BCUT2D eigenvalue weighted by molar-refractivity contribution is 7.17. The van der Waals surface area contributed by atoms with E-state index in [0.717, 1.165) is 45.1 Å². The van der Waals surface area contributed by atoms with Crippen molar-refractivity contribution in [2.75, 3.05) is 25.5 Å². The molecule has 0 radical (unpaired) electrons. The summed E-state index contributed by atoms with van der Waals surface area (Å²) >= 11 is 14.8. The Hall–Kier alpha value is -1.60. The lowest BCUT2D eigenvalue weighted by atomic mass is 10.1. The molecule has 0 atom stereocenters.